The van der Waals surface area contributed by atoms with Crippen molar-refractivity contribution in [3.05, 3.63) is 11.6 Å². The lowest BCUT2D eigenvalue weighted by molar-refractivity contribution is -0.211. The van der Waals surface area contributed by atoms with Gasteiger partial charge in [-0.3, -0.25) is 4.79 Å². The van der Waals surface area contributed by atoms with Gasteiger partial charge in [-0.2, -0.15) is 13.2 Å². The van der Waals surface area contributed by atoms with Gasteiger partial charge in [0.2, 0.25) is 6.10 Å². The second-order valence-corrected chi connectivity index (χ2v) is 12.2. The first-order valence-corrected chi connectivity index (χ1v) is 12.8. The van der Waals surface area contributed by atoms with Crippen LogP contribution in [-0.4, -0.2) is 65.8 Å². The first-order chi connectivity index (χ1) is 15.4. The van der Waals surface area contributed by atoms with Gasteiger partial charge in [0, 0.05) is 25.7 Å². The molecule has 1 heterocycles. The lowest BCUT2D eigenvalue weighted by Gasteiger charge is -2.58. The highest BCUT2D eigenvalue weighted by molar-refractivity contribution is 5.81. The third kappa shape index (κ3) is 3.35. The smallest absolute Gasteiger partial charge is 0.376 e. The number of halogens is 3. The van der Waals surface area contributed by atoms with Gasteiger partial charge in [-0.25, -0.2) is 0 Å². The second-order valence-electron chi connectivity index (χ2n) is 12.2. The van der Waals surface area contributed by atoms with E-state index in [0.717, 1.165) is 29.6 Å². The SMILES string of the molecule is C[C@H]1[C@H]2CC[C@H]3[C@@H]4CC=C5C[C@@H](N(C)C(=O)C(O)C(F)(F)F)CC[C@]5(C)[C@H]4CC[C@]23CN1C. The zero-order chi connectivity index (χ0) is 23.9. The second kappa shape index (κ2) is 7.71. The van der Waals surface area contributed by atoms with Crippen molar-refractivity contribution in [2.45, 2.75) is 89.6 Å². The molecular formula is C26H39F3N2O2. The Morgan fingerprint density at radius 3 is 2.58 bits per heavy atom. The zero-order valence-corrected chi connectivity index (χ0v) is 20.4. The number of allylic oxidation sites excluding steroid dienone is 1. The number of rotatable bonds is 2. The van der Waals surface area contributed by atoms with Crippen LogP contribution in [0, 0.1) is 34.5 Å². The molecule has 3 saturated carbocycles. The van der Waals surface area contributed by atoms with E-state index in [4.69, 9.17) is 0 Å². The topological polar surface area (TPSA) is 43.8 Å². The molecule has 5 rings (SSSR count). The van der Waals surface area contributed by atoms with Gasteiger partial charge in [-0.05, 0) is 99.8 Å². The van der Waals surface area contributed by atoms with Crippen LogP contribution in [0.4, 0.5) is 13.2 Å². The Morgan fingerprint density at radius 1 is 1.18 bits per heavy atom. The van der Waals surface area contributed by atoms with Crippen LogP contribution < -0.4 is 0 Å². The molecule has 1 unspecified atom stereocenters. The van der Waals surface area contributed by atoms with Crippen LogP contribution in [0.1, 0.15) is 65.2 Å². The van der Waals surface area contributed by atoms with Gasteiger partial charge < -0.3 is 14.9 Å². The van der Waals surface area contributed by atoms with Crippen molar-refractivity contribution in [1.29, 1.82) is 0 Å². The normalized spacial score (nSPS) is 46.0. The van der Waals surface area contributed by atoms with Crippen molar-refractivity contribution in [3.8, 4) is 0 Å². The predicted octanol–water partition coefficient (Wildman–Crippen LogP) is 4.63. The van der Waals surface area contributed by atoms with Crippen molar-refractivity contribution in [2.24, 2.45) is 34.5 Å². The number of carbonyl (C=O) groups is 1. The first kappa shape index (κ1) is 23.7. The minimum atomic E-state index is -4.92. The van der Waals surface area contributed by atoms with Gasteiger partial charge in [-0.15, -0.1) is 0 Å². The van der Waals surface area contributed by atoms with Gasteiger partial charge >= 0.3 is 6.18 Å². The van der Waals surface area contributed by atoms with Crippen LogP contribution in [0.3, 0.4) is 0 Å². The fourth-order valence-electron chi connectivity index (χ4n) is 9.29. The number of nitrogens with zero attached hydrogens (tertiary/aromatic N) is 2. The van der Waals surface area contributed by atoms with E-state index in [0.29, 0.717) is 36.1 Å². The van der Waals surface area contributed by atoms with Crippen molar-refractivity contribution >= 4 is 5.91 Å². The lowest BCUT2D eigenvalue weighted by Crippen LogP contribution is -2.54. The van der Waals surface area contributed by atoms with E-state index in [-0.39, 0.29) is 11.5 Å². The summed E-state index contributed by atoms with van der Waals surface area (Å²) in [7, 11) is 3.70. The van der Waals surface area contributed by atoms with Crippen molar-refractivity contribution < 1.29 is 23.1 Å². The molecule has 4 aliphatic carbocycles. The molecule has 1 saturated heterocycles. The molecule has 0 aromatic heterocycles. The molecule has 1 spiro atoms. The Balaban J connectivity index is 1.34. The highest BCUT2D eigenvalue weighted by Crippen LogP contribution is 2.68. The summed E-state index contributed by atoms with van der Waals surface area (Å²) in [6, 6.07) is 0.396. The number of hydrogen-bond acceptors (Lipinski definition) is 3. The van der Waals surface area contributed by atoms with Crippen LogP contribution in [0.15, 0.2) is 11.6 Å². The summed E-state index contributed by atoms with van der Waals surface area (Å²) in [5.74, 6) is 1.71. The van der Waals surface area contributed by atoms with E-state index >= 15 is 0 Å². The number of hydrogen-bond donors (Lipinski definition) is 1. The van der Waals surface area contributed by atoms with E-state index in [2.05, 4.69) is 31.9 Å². The van der Waals surface area contributed by atoms with E-state index in [1.165, 1.54) is 44.8 Å². The van der Waals surface area contributed by atoms with Crippen LogP contribution >= 0.6 is 0 Å². The first-order valence-electron chi connectivity index (χ1n) is 12.8. The number of aliphatic hydroxyl groups is 1. The molecule has 7 heteroatoms. The molecule has 0 aromatic rings. The van der Waals surface area contributed by atoms with Gasteiger partial charge in [0.1, 0.15) is 0 Å². The van der Waals surface area contributed by atoms with E-state index in [1.807, 2.05) is 0 Å². The minimum absolute atomic E-state index is 0.0851. The van der Waals surface area contributed by atoms with Gasteiger partial charge in [-0.1, -0.05) is 18.6 Å². The summed E-state index contributed by atoms with van der Waals surface area (Å²) >= 11 is 0. The Morgan fingerprint density at radius 2 is 1.88 bits per heavy atom. The minimum Gasteiger partial charge on any atom is -0.376 e. The summed E-state index contributed by atoms with van der Waals surface area (Å²) in [5.41, 5.74) is 1.90. The molecule has 1 amide bonds. The molecular weight excluding hydrogens is 429 g/mol. The summed E-state index contributed by atoms with van der Waals surface area (Å²) in [5, 5.41) is 9.46. The van der Waals surface area contributed by atoms with Gasteiger partial charge in [0.05, 0.1) is 0 Å². The summed E-state index contributed by atoms with van der Waals surface area (Å²) in [6.07, 6.45) is 3.09. The Hall–Kier alpha value is -1.08. The fourth-order valence-corrected chi connectivity index (χ4v) is 9.29. The van der Waals surface area contributed by atoms with Crippen LogP contribution in [0.25, 0.3) is 0 Å². The number of likely N-dealkylation sites (N-methyl/N-ethyl adjacent to an activating group) is 1. The highest BCUT2D eigenvalue weighted by Gasteiger charge is 2.64. The zero-order valence-electron chi connectivity index (χ0n) is 20.4. The average Bonchev–Trinajstić information content (AvgIpc) is 3.24. The number of fused-ring (bicyclic) bond motifs is 4. The largest absolute Gasteiger partial charge is 0.423 e. The lowest BCUT2D eigenvalue weighted by atomic mass is 9.47. The third-order valence-corrected chi connectivity index (χ3v) is 11.1. The van der Waals surface area contributed by atoms with Crippen molar-refractivity contribution in [1.82, 2.24) is 9.80 Å². The van der Waals surface area contributed by atoms with Crippen molar-refractivity contribution in [2.75, 3.05) is 20.6 Å². The molecule has 0 radical (unpaired) electrons. The van der Waals surface area contributed by atoms with Crippen molar-refractivity contribution in [3.63, 3.8) is 0 Å². The number of carbonyl (C=O) groups excluding carboxylic acids is 1. The number of amides is 1. The highest BCUT2D eigenvalue weighted by atomic mass is 19.4. The summed E-state index contributed by atoms with van der Waals surface area (Å²) < 4.78 is 38.6. The van der Waals surface area contributed by atoms with Crippen LogP contribution in [0.2, 0.25) is 0 Å². The van der Waals surface area contributed by atoms with Gasteiger partial charge in [0.15, 0.2) is 0 Å². The molecule has 0 aromatic carbocycles. The number of aliphatic hydroxyl groups excluding tert-OH is 1. The molecule has 0 bridgehead atoms. The fraction of sp³-hybridized carbons (Fsp3) is 0.885. The number of likely N-dealkylation sites (tertiary alicyclic amines) is 1. The van der Waals surface area contributed by atoms with E-state index < -0.39 is 18.2 Å². The molecule has 1 N–H and O–H groups in total. The summed E-state index contributed by atoms with van der Waals surface area (Å²) in [4.78, 5) is 16.0. The molecule has 4 nitrogen and oxygen atoms in total. The maximum Gasteiger partial charge on any atom is 0.423 e. The molecule has 186 valence electrons. The van der Waals surface area contributed by atoms with E-state index in [1.54, 1.807) is 0 Å². The number of alkyl halides is 3. The standard InChI is InChI=1S/C26H39F3N2O2/c1-15-19-7-8-21-18-6-5-16-13-17(31(4)23(33)22(32)26(27,28)29)9-11-24(16,2)20(18)10-12-25(19,21)14-30(15)3/h5,15,17-22,32H,6-14H2,1-4H3/t15-,17-,18+,19+,20-,21-,22?,24-,25-/m0/s1. The predicted molar refractivity (Wildman–Crippen MR) is 120 cm³/mol. The Kier molecular flexibility index (Phi) is 5.53. The average molecular weight is 469 g/mol. The molecule has 33 heavy (non-hydrogen) atoms. The molecule has 1 aliphatic heterocycles. The Labute approximate surface area is 195 Å². The molecule has 9 atom stereocenters. The quantitative estimate of drug-likeness (QED) is 0.601. The Bertz CT molecular complexity index is 844. The molecule has 5 aliphatic rings. The maximum atomic E-state index is 12.9. The third-order valence-electron chi connectivity index (χ3n) is 11.1. The van der Waals surface area contributed by atoms with E-state index in [9.17, 15) is 23.1 Å². The molecule has 4 fully saturated rings. The maximum absolute atomic E-state index is 12.9. The van der Waals surface area contributed by atoms with Crippen LogP contribution in [-0.2, 0) is 4.79 Å². The summed E-state index contributed by atoms with van der Waals surface area (Å²) in [6.45, 7) is 6.02. The monoisotopic (exact) mass is 468 g/mol. The van der Waals surface area contributed by atoms with Crippen LogP contribution in [0.5, 0.6) is 0 Å². The van der Waals surface area contributed by atoms with Gasteiger partial charge in [0.25, 0.3) is 5.91 Å².